The molecule has 1 aliphatic carbocycles. The lowest BCUT2D eigenvalue weighted by molar-refractivity contribution is 0.268. The summed E-state index contributed by atoms with van der Waals surface area (Å²) in [7, 11) is 0. The first-order valence-corrected chi connectivity index (χ1v) is 12.5. The molecule has 6 heteroatoms. The summed E-state index contributed by atoms with van der Waals surface area (Å²) in [5, 5.41) is 0.918. The molecule has 1 radical (unpaired) electrons. The van der Waals surface area contributed by atoms with Gasteiger partial charge in [-0.2, -0.15) is 0 Å². The van der Waals surface area contributed by atoms with Gasteiger partial charge < -0.3 is 15.0 Å². The Morgan fingerprint density at radius 1 is 1.03 bits per heavy atom. The molecule has 0 saturated heterocycles. The molecule has 2 N–H and O–H groups in total. The zero-order chi connectivity index (χ0) is 23.3. The Kier molecular flexibility index (Phi) is 7.00. The molecule has 1 saturated carbocycles. The Balaban J connectivity index is 1.42. The Labute approximate surface area is 205 Å². The largest absolute Gasteiger partial charge is 0.489 e. The minimum absolute atomic E-state index is 0.416. The first kappa shape index (κ1) is 22.7. The van der Waals surface area contributed by atoms with Gasteiger partial charge in [-0.25, -0.2) is 9.97 Å². The molecule has 0 bridgehead atoms. The fourth-order valence-corrected chi connectivity index (χ4v) is 5.24. The number of hydrogen-bond acceptors (Lipinski definition) is 4. The highest BCUT2D eigenvalue weighted by molar-refractivity contribution is 6.23. The molecule has 34 heavy (non-hydrogen) atoms. The summed E-state index contributed by atoms with van der Waals surface area (Å²) < 4.78 is 8.41. The number of nitrogens with zero attached hydrogens (tertiary/aromatic N) is 3. The predicted molar refractivity (Wildman–Crippen MR) is 139 cm³/mol. The zero-order valence-electron chi connectivity index (χ0n) is 19.2. The SMILES string of the molecule is Nc1ncnc2c1c(-c1cccc(OCc3ccccc3)c1)cn2C1CCC(CC[CH]Cl)CC1. The number of ether oxygens (including phenoxy) is 1. The van der Waals surface area contributed by atoms with Crippen molar-refractivity contribution in [3.05, 3.63) is 78.6 Å². The summed E-state index contributed by atoms with van der Waals surface area (Å²) in [4.78, 5) is 8.95. The number of halogens is 1. The fraction of sp³-hybridized carbons (Fsp3) is 0.321. The van der Waals surface area contributed by atoms with E-state index in [2.05, 4.69) is 45.0 Å². The molecule has 1 fully saturated rings. The lowest BCUT2D eigenvalue weighted by Crippen LogP contribution is -2.18. The van der Waals surface area contributed by atoms with Gasteiger partial charge in [0.2, 0.25) is 0 Å². The highest BCUT2D eigenvalue weighted by atomic mass is 35.5. The maximum absolute atomic E-state index is 6.38. The number of hydrogen-bond donors (Lipinski definition) is 1. The van der Waals surface area contributed by atoms with Gasteiger partial charge in [-0.3, -0.25) is 0 Å². The van der Waals surface area contributed by atoms with E-state index in [1.807, 2.05) is 30.3 Å². The smallest absolute Gasteiger partial charge is 0.146 e. The van der Waals surface area contributed by atoms with Crippen LogP contribution in [-0.4, -0.2) is 14.5 Å². The van der Waals surface area contributed by atoms with Crippen LogP contribution in [0.1, 0.15) is 50.1 Å². The second kappa shape index (κ2) is 10.5. The number of nitrogen functional groups attached to an aromatic ring is 1. The van der Waals surface area contributed by atoms with Gasteiger partial charge in [-0.1, -0.05) is 42.5 Å². The molecule has 0 amide bonds. The van der Waals surface area contributed by atoms with Crippen molar-refractivity contribution >= 4 is 28.5 Å². The monoisotopic (exact) mass is 473 g/mol. The standard InChI is InChI=1S/C28H30ClN4O/c29-15-5-8-20-11-13-23(14-12-20)33-17-25(26-27(30)31-19-32-28(26)33)22-9-4-10-24(16-22)34-18-21-6-2-1-3-7-21/h1-4,6-7,9-10,15-17,19-20,23H,5,8,11-14,18H2,(H2,30,31,32). The summed E-state index contributed by atoms with van der Waals surface area (Å²) in [6.45, 7) is 0.530. The van der Waals surface area contributed by atoms with Gasteiger partial charge in [-0.05, 0) is 67.7 Å². The van der Waals surface area contributed by atoms with Crippen LogP contribution in [0.25, 0.3) is 22.2 Å². The molecule has 175 valence electrons. The van der Waals surface area contributed by atoms with Crippen LogP contribution in [0.2, 0.25) is 0 Å². The highest BCUT2D eigenvalue weighted by Crippen LogP contribution is 2.40. The van der Waals surface area contributed by atoms with Crippen molar-refractivity contribution in [2.45, 2.75) is 51.2 Å². The van der Waals surface area contributed by atoms with Crippen molar-refractivity contribution in [1.29, 1.82) is 0 Å². The maximum Gasteiger partial charge on any atom is 0.146 e. The van der Waals surface area contributed by atoms with Crippen molar-refractivity contribution in [3.63, 3.8) is 0 Å². The van der Waals surface area contributed by atoms with Crippen molar-refractivity contribution in [1.82, 2.24) is 14.5 Å². The molecule has 2 heterocycles. The minimum Gasteiger partial charge on any atom is -0.489 e. The quantitative estimate of drug-likeness (QED) is 0.294. The highest BCUT2D eigenvalue weighted by Gasteiger charge is 2.25. The van der Waals surface area contributed by atoms with Gasteiger partial charge in [0, 0.05) is 23.7 Å². The average molecular weight is 474 g/mol. The summed E-state index contributed by atoms with van der Waals surface area (Å²) in [6.07, 6.45) is 10.7. The fourth-order valence-electron chi connectivity index (χ4n) is 5.11. The second-order valence-corrected chi connectivity index (χ2v) is 9.42. The van der Waals surface area contributed by atoms with Crippen molar-refractivity contribution in [3.8, 4) is 16.9 Å². The van der Waals surface area contributed by atoms with Crippen LogP contribution in [0.15, 0.2) is 67.1 Å². The summed E-state index contributed by atoms with van der Waals surface area (Å²) in [6, 6.07) is 18.8. The van der Waals surface area contributed by atoms with E-state index in [0.29, 0.717) is 18.5 Å². The molecule has 5 rings (SSSR count). The van der Waals surface area contributed by atoms with Crippen LogP contribution >= 0.6 is 11.6 Å². The molecule has 0 atom stereocenters. The van der Waals surface area contributed by atoms with Crippen molar-refractivity contribution < 1.29 is 4.74 Å². The zero-order valence-corrected chi connectivity index (χ0v) is 20.0. The van der Waals surface area contributed by atoms with Crippen LogP contribution in [0.5, 0.6) is 5.75 Å². The van der Waals surface area contributed by atoms with Gasteiger partial charge >= 0.3 is 0 Å². The third-order valence-corrected chi connectivity index (χ3v) is 7.14. The molecule has 5 nitrogen and oxygen atoms in total. The Bertz CT molecular complexity index is 1230. The number of rotatable bonds is 8. The van der Waals surface area contributed by atoms with E-state index in [4.69, 9.17) is 22.1 Å². The average Bonchev–Trinajstić information content (AvgIpc) is 3.28. The molecule has 0 spiro atoms. The van der Waals surface area contributed by atoms with Gasteiger partial charge in [0.1, 0.15) is 30.1 Å². The lowest BCUT2D eigenvalue weighted by Gasteiger charge is -2.29. The van der Waals surface area contributed by atoms with E-state index < -0.39 is 0 Å². The lowest BCUT2D eigenvalue weighted by atomic mass is 9.83. The molecule has 2 aromatic heterocycles. The number of benzene rings is 2. The van der Waals surface area contributed by atoms with Gasteiger partial charge in [0.05, 0.1) is 5.39 Å². The number of aromatic nitrogens is 3. The topological polar surface area (TPSA) is 66.0 Å². The van der Waals surface area contributed by atoms with Crippen molar-refractivity contribution in [2.75, 3.05) is 5.73 Å². The minimum atomic E-state index is 0.416. The summed E-state index contributed by atoms with van der Waals surface area (Å²) in [5.41, 5.74) is 10.5. The molecular weight excluding hydrogens is 444 g/mol. The Morgan fingerprint density at radius 2 is 1.85 bits per heavy atom. The molecule has 2 aromatic carbocycles. The van der Waals surface area contributed by atoms with Crippen LogP contribution in [0.4, 0.5) is 5.82 Å². The van der Waals surface area contributed by atoms with E-state index in [1.165, 1.54) is 19.3 Å². The number of anilines is 1. The summed E-state index contributed by atoms with van der Waals surface area (Å²) >= 11 is 5.78. The van der Waals surface area contributed by atoms with Crippen molar-refractivity contribution in [2.24, 2.45) is 5.92 Å². The molecule has 0 aliphatic heterocycles. The van der Waals surface area contributed by atoms with E-state index in [1.54, 1.807) is 12.2 Å². The summed E-state index contributed by atoms with van der Waals surface area (Å²) in [5.74, 6) is 3.86. The first-order chi connectivity index (χ1) is 16.7. The van der Waals surface area contributed by atoms with Crippen LogP contribution in [0.3, 0.4) is 0 Å². The van der Waals surface area contributed by atoms with Crippen LogP contribution in [0, 0.1) is 11.8 Å². The first-order valence-electron chi connectivity index (χ1n) is 12.0. The van der Waals surface area contributed by atoms with E-state index in [-0.39, 0.29) is 0 Å². The Hall–Kier alpha value is -3.05. The Morgan fingerprint density at radius 3 is 2.65 bits per heavy atom. The van der Waals surface area contributed by atoms with Crippen LogP contribution < -0.4 is 10.5 Å². The number of fused-ring (bicyclic) bond motifs is 1. The predicted octanol–water partition coefficient (Wildman–Crippen LogP) is 7.17. The van der Waals surface area contributed by atoms with E-state index in [0.717, 1.165) is 58.7 Å². The van der Waals surface area contributed by atoms with Crippen LogP contribution in [-0.2, 0) is 6.61 Å². The third kappa shape index (κ3) is 4.90. The van der Waals surface area contributed by atoms with E-state index in [9.17, 15) is 0 Å². The second-order valence-electron chi connectivity index (χ2n) is 9.12. The molecule has 1 aliphatic rings. The van der Waals surface area contributed by atoms with Gasteiger partial charge in [0.15, 0.2) is 0 Å². The molecule has 0 unspecified atom stereocenters. The third-order valence-electron chi connectivity index (χ3n) is 6.93. The molecule has 4 aromatic rings. The van der Waals surface area contributed by atoms with Gasteiger partial charge in [0.25, 0.3) is 0 Å². The number of nitrogens with two attached hydrogens (primary N) is 1. The van der Waals surface area contributed by atoms with Gasteiger partial charge in [-0.15, -0.1) is 11.6 Å². The normalized spacial score (nSPS) is 18.3. The maximum atomic E-state index is 6.38. The van der Waals surface area contributed by atoms with E-state index >= 15 is 0 Å². The molecular formula is C28H30ClN4O.